The fourth-order valence-corrected chi connectivity index (χ4v) is 2.91. The summed E-state index contributed by atoms with van der Waals surface area (Å²) in [6.45, 7) is 4.31. The number of carbonyl (C=O) groups excluding carboxylic acids is 2. The second-order valence-corrected chi connectivity index (χ2v) is 6.86. The maximum atomic E-state index is 12.5. The maximum Gasteiger partial charge on any atom is 0.276 e. The lowest BCUT2D eigenvalue weighted by Gasteiger charge is -2.11. The third kappa shape index (κ3) is 3.69. The summed E-state index contributed by atoms with van der Waals surface area (Å²) < 4.78 is 3.41. The Balaban J connectivity index is 1.73. The Morgan fingerprint density at radius 2 is 1.96 bits per heavy atom. The Hall–Kier alpha value is -3.16. The summed E-state index contributed by atoms with van der Waals surface area (Å²) in [5.41, 5.74) is 3.60. The summed E-state index contributed by atoms with van der Waals surface area (Å²) in [4.78, 5) is 26.2. The standard InChI is InChI=1S/C19H24N6O2/c1-12-6-7-15-14(10-12)11-20-25(15)9-8-16(26)21-17-13(2)24(5)22-18(17)19(27)23(3)4/h6-7,10-11H,8-9H2,1-5H3,(H,21,26). The molecule has 0 bridgehead atoms. The highest BCUT2D eigenvalue weighted by molar-refractivity contribution is 6.02. The molecule has 3 rings (SSSR count). The highest BCUT2D eigenvalue weighted by atomic mass is 16.2. The number of nitrogens with zero attached hydrogens (tertiary/aromatic N) is 5. The number of anilines is 1. The summed E-state index contributed by atoms with van der Waals surface area (Å²) in [6.07, 6.45) is 2.05. The minimum Gasteiger partial charge on any atom is -0.343 e. The van der Waals surface area contributed by atoms with E-state index in [9.17, 15) is 9.59 Å². The Labute approximate surface area is 157 Å². The molecule has 0 spiro atoms. The van der Waals surface area contributed by atoms with Crippen molar-refractivity contribution in [1.29, 1.82) is 0 Å². The molecule has 0 aliphatic heterocycles. The van der Waals surface area contributed by atoms with Gasteiger partial charge in [0.15, 0.2) is 5.69 Å². The van der Waals surface area contributed by atoms with E-state index in [1.165, 1.54) is 10.5 Å². The number of benzene rings is 1. The van der Waals surface area contributed by atoms with Crippen LogP contribution in [-0.2, 0) is 18.4 Å². The largest absolute Gasteiger partial charge is 0.343 e. The molecule has 0 radical (unpaired) electrons. The van der Waals surface area contributed by atoms with E-state index in [4.69, 9.17) is 0 Å². The summed E-state index contributed by atoms with van der Waals surface area (Å²) in [7, 11) is 5.06. The van der Waals surface area contributed by atoms with Gasteiger partial charge in [0.1, 0.15) is 0 Å². The van der Waals surface area contributed by atoms with Gasteiger partial charge in [-0.3, -0.25) is 19.0 Å². The molecule has 2 amide bonds. The molecule has 0 fully saturated rings. The molecule has 8 nitrogen and oxygen atoms in total. The fourth-order valence-electron chi connectivity index (χ4n) is 2.91. The van der Waals surface area contributed by atoms with Gasteiger partial charge in [-0.1, -0.05) is 11.6 Å². The second-order valence-electron chi connectivity index (χ2n) is 6.86. The number of hydrogen-bond acceptors (Lipinski definition) is 4. The number of amides is 2. The van der Waals surface area contributed by atoms with Crippen LogP contribution in [0.15, 0.2) is 24.4 Å². The van der Waals surface area contributed by atoms with Crippen molar-refractivity contribution in [3.63, 3.8) is 0 Å². The Morgan fingerprint density at radius 3 is 2.67 bits per heavy atom. The zero-order valence-electron chi connectivity index (χ0n) is 16.3. The Kier molecular flexibility index (Phi) is 4.98. The second kappa shape index (κ2) is 7.22. The number of nitrogens with one attached hydrogen (secondary N) is 1. The van der Waals surface area contributed by atoms with Crippen LogP contribution in [0.1, 0.15) is 28.2 Å². The zero-order chi connectivity index (χ0) is 19.7. The van der Waals surface area contributed by atoms with Gasteiger partial charge in [-0.05, 0) is 26.0 Å². The first kappa shape index (κ1) is 18.6. The molecule has 0 saturated heterocycles. The van der Waals surface area contributed by atoms with E-state index >= 15 is 0 Å². The highest BCUT2D eigenvalue weighted by Gasteiger charge is 2.22. The predicted octanol–water partition coefficient (Wildman–Crippen LogP) is 2.12. The molecule has 1 aromatic carbocycles. The van der Waals surface area contributed by atoms with E-state index in [1.54, 1.807) is 32.0 Å². The lowest BCUT2D eigenvalue weighted by Crippen LogP contribution is -2.24. The van der Waals surface area contributed by atoms with Gasteiger partial charge in [0.05, 0.1) is 29.6 Å². The van der Waals surface area contributed by atoms with Crippen LogP contribution in [0.2, 0.25) is 0 Å². The molecular weight excluding hydrogens is 344 g/mol. The fraction of sp³-hybridized carbons (Fsp3) is 0.368. The summed E-state index contributed by atoms with van der Waals surface area (Å²) in [5, 5.41) is 12.5. The van der Waals surface area contributed by atoms with Crippen LogP contribution >= 0.6 is 0 Å². The number of hydrogen-bond donors (Lipinski definition) is 1. The molecule has 0 unspecified atom stereocenters. The Bertz CT molecular complexity index is 1010. The minimum atomic E-state index is -0.248. The third-order valence-electron chi connectivity index (χ3n) is 4.56. The zero-order valence-corrected chi connectivity index (χ0v) is 16.3. The highest BCUT2D eigenvalue weighted by Crippen LogP contribution is 2.21. The van der Waals surface area contributed by atoms with Crippen LogP contribution in [0.25, 0.3) is 10.9 Å². The number of fused-ring (bicyclic) bond motifs is 1. The monoisotopic (exact) mass is 368 g/mol. The number of aryl methyl sites for hydroxylation is 3. The molecule has 1 N–H and O–H groups in total. The first-order valence-corrected chi connectivity index (χ1v) is 8.75. The van der Waals surface area contributed by atoms with Crippen LogP contribution in [0.4, 0.5) is 5.69 Å². The lowest BCUT2D eigenvalue weighted by molar-refractivity contribution is -0.116. The topological polar surface area (TPSA) is 85.1 Å². The van der Waals surface area contributed by atoms with Crippen LogP contribution in [-0.4, -0.2) is 50.4 Å². The summed E-state index contributed by atoms with van der Waals surface area (Å²) in [6, 6.07) is 6.10. The van der Waals surface area contributed by atoms with E-state index < -0.39 is 0 Å². The van der Waals surface area contributed by atoms with Crippen LogP contribution in [0, 0.1) is 13.8 Å². The van der Waals surface area contributed by atoms with Crippen molar-refractivity contribution in [3.8, 4) is 0 Å². The SMILES string of the molecule is Cc1ccc2c(cnn2CCC(=O)Nc2c(C(=O)N(C)C)nn(C)c2C)c1. The Morgan fingerprint density at radius 1 is 1.22 bits per heavy atom. The average molecular weight is 368 g/mol. The summed E-state index contributed by atoms with van der Waals surface area (Å²) in [5.74, 6) is -0.433. The van der Waals surface area contributed by atoms with E-state index in [-0.39, 0.29) is 23.9 Å². The number of aromatic nitrogens is 4. The maximum absolute atomic E-state index is 12.5. The molecule has 3 aromatic rings. The van der Waals surface area contributed by atoms with Gasteiger partial charge in [0.25, 0.3) is 5.91 Å². The molecule has 2 heterocycles. The molecular formula is C19H24N6O2. The normalized spacial score (nSPS) is 11.0. The summed E-state index contributed by atoms with van der Waals surface area (Å²) >= 11 is 0. The molecule has 8 heteroatoms. The molecule has 2 aromatic heterocycles. The number of carbonyl (C=O) groups is 2. The van der Waals surface area contributed by atoms with Crippen LogP contribution < -0.4 is 5.32 Å². The van der Waals surface area contributed by atoms with Crippen molar-refractivity contribution in [2.24, 2.45) is 7.05 Å². The average Bonchev–Trinajstić information content (AvgIpc) is 3.14. The van der Waals surface area contributed by atoms with Gasteiger partial charge < -0.3 is 10.2 Å². The molecule has 0 atom stereocenters. The van der Waals surface area contributed by atoms with Gasteiger partial charge in [0.2, 0.25) is 5.91 Å². The van der Waals surface area contributed by atoms with Gasteiger partial charge in [-0.25, -0.2) is 0 Å². The van der Waals surface area contributed by atoms with Crippen LogP contribution in [0.3, 0.4) is 0 Å². The van der Waals surface area contributed by atoms with E-state index in [0.29, 0.717) is 12.2 Å². The third-order valence-corrected chi connectivity index (χ3v) is 4.56. The molecule has 0 aliphatic carbocycles. The van der Waals surface area contributed by atoms with Crippen molar-refractivity contribution >= 4 is 28.4 Å². The van der Waals surface area contributed by atoms with Gasteiger partial charge >= 0.3 is 0 Å². The van der Waals surface area contributed by atoms with Crippen molar-refractivity contribution in [2.75, 3.05) is 19.4 Å². The van der Waals surface area contributed by atoms with Gasteiger partial charge in [-0.15, -0.1) is 0 Å². The van der Waals surface area contributed by atoms with Crippen LogP contribution in [0.5, 0.6) is 0 Å². The quantitative estimate of drug-likeness (QED) is 0.747. The van der Waals surface area contributed by atoms with E-state index in [1.807, 2.05) is 30.7 Å². The van der Waals surface area contributed by atoms with Crippen molar-refractivity contribution in [2.45, 2.75) is 26.8 Å². The minimum absolute atomic E-state index is 0.185. The first-order valence-electron chi connectivity index (χ1n) is 8.75. The molecule has 142 valence electrons. The number of rotatable bonds is 5. The molecule has 0 aliphatic rings. The lowest BCUT2D eigenvalue weighted by atomic mass is 10.2. The predicted molar refractivity (Wildman–Crippen MR) is 104 cm³/mol. The van der Waals surface area contributed by atoms with E-state index in [2.05, 4.69) is 21.6 Å². The first-order chi connectivity index (χ1) is 12.8. The van der Waals surface area contributed by atoms with E-state index in [0.717, 1.165) is 16.6 Å². The van der Waals surface area contributed by atoms with Crippen molar-refractivity contribution in [1.82, 2.24) is 24.5 Å². The van der Waals surface area contributed by atoms with Gasteiger partial charge in [-0.2, -0.15) is 10.2 Å². The van der Waals surface area contributed by atoms with Crippen molar-refractivity contribution in [3.05, 3.63) is 41.3 Å². The molecule has 27 heavy (non-hydrogen) atoms. The van der Waals surface area contributed by atoms with Gasteiger partial charge in [0, 0.05) is 33.0 Å². The molecule has 0 saturated carbocycles. The van der Waals surface area contributed by atoms with Crippen molar-refractivity contribution < 1.29 is 9.59 Å². The smallest absolute Gasteiger partial charge is 0.276 e.